The number of halogens is 6. The number of methoxy groups -OCH3 is 2. The van der Waals surface area contributed by atoms with E-state index >= 15 is 0 Å². The molecule has 0 radical (unpaired) electrons. The first-order valence-electron chi connectivity index (χ1n) is 13.6. The Morgan fingerprint density at radius 2 is 0.795 bits per heavy atom. The molecule has 6 aromatic rings. The summed E-state index contributed by atoms with van der Waals surface area (Å²) in [5.74, 6) is 0.827. The van der Waals surface area contributed by atoms with Crippen LogP contribution in [0.5, 0.6) is 11.5 Å². The minimum absolute atomic E-state index is 0.413. The van der Waals surface area contributed by atoms with Gasteiger partial charge in [-0.3, -0.25) is 0 Å². The van der Waals surface area contributed by atoms with Crippen molar-refractivity contribution in [2.24, 2.45) is 0 Å². The van der Waals surface area contributed by atoms with Crippen molar-refractivity contribution in [3.63, 3.8) is 0 Å². The van der Waals surface area contributed by atoms with Crippen molar-refractivity contribution in [3.05, 3.63) is 120 Å². The fraction of sp³-hybridized carbons (Fsp3) is 0.111. The number of alkyl halides is 6. The van der Waals surface area contributed by atoms with Crippen molar-refractivity contribution in [2.45, 2.75) is 12.4 Å². The largest absolute Gasteiger partial charge is 0.495 e. The van der Waals surface area contributed by atoms with Gasteiger partial charge in [0.2, 0.25) is 0 Å². The summed E-state index contributed by atoms with van der Waals surface area (Å²) in [6.45, 7) is 0. The molecule has 0 unspecified atom stereocenters. The molecule has 44 heavy (non-hydrogen) atoms. The van der Waals surface area contributed by atoms with Crippen molar-refractivity contribution >= 4 is 21.5 Å². The summed E-state index contributed by atoms with van der Waals surface area (Å²) >= 11 is 0. The molecule has 2 nitrogen and oxygen atoms in total. The number of ether oxygens (including phenoxy) is 2. The Bertz CT molecular complexity index is 1840. The Balaban J connectivity index is 1.70. The van der Waals surface area contributed by atoms with E-state index in [9.17, 15) is 26.3 Å². The molecule has 0 atom stereocenters. The molecule has 8 heteroatoms. The van der Waals surface area contributed by atoms with Crippen LogP contribution in [0.1, 0.15) is 11.1 Å². The molecule has 0 amide bonds. The zero-order valence-corrected chi connectivity index (χ0v) is 23.5. The van der Waals surface area contributed by atoms with Crippen LogP contribution in [0.2, 0.25) is 0 Å². The number of hydrogen-bond acceptors (Lipinski definition) is 2. The van der Waals surface area contributed by atoms with Gasteiger partial charge in [0.15, 0.2) is 0 Å². The highest BCUT2D eigenvalue weighted by Gasteiger charge is 2.32. The van der Waals surface area contributed by atoms with Crippen molar-refractivity contribution in [2.75, 3.05) is 14.2 Å². The highest BCUT2D eigenvalue weighted by molar-refractivity contribution is 6.14. The van der Waals surface area contributed by atoms with Gasteiger partial charge in [-0.2, -0.15) is 26.3 Å². The molecule has 0 fully saturated rings. The molecular weight excluding hydrogens is 578 g/mol. The molecule has 0 aliphatic carbocycles. The summed E-state index contributed by atoms with van der Waals surface area (Å²) in [5, 5.41) is 3.22. The third-order valence-electron chi connectivity index (χ3n) is 7.71. The van der Waals surface area contributed by atoms with Crippen LogP contribution in [0.3, 0.4) is 0 Å². The van der Waals surface area contributed by atoms with Crippen LogP contribution < -0.4 is 9.47 Å². The predicted octanol–water partition coefficient (Wildman–Crippen LogP) is 11.0. The zero-order valence-electron chi connectivity index (χ0n) is 23.5. The molecule has 0 saturated carbocycles. The van der Waals surface area contributed by atoms with Crippen LogP contribution in [0, 0.1) is 0 Å². The maximum Gasteiger partial charge on any atom is 0.416 e. The van der Waals surface area contributed by atoms with E-state index in [0.717, 1.165) is 45.8 Å². The second-order valence-corrected chi connectivity index (χ2v) is 10.3. The third kappa shape index (κ3) is 5.10. The molecule has 6 rings (SSSR count). The topological polar surface area (TPSA) is 18.5 Å². The van der Waals surface area contributed by atoms with Gasteiger partial charge in [-0.05, 0) is 69.1 Å². The van der Waals surface area contributed by atoms with Gasteiger partial charge in [-0.25, -0.2) is 0 Å². The summed E-state index contributed by atoms with van der Waals surface area (Å²) in [5.41, 5.74) is 1.93. The van der Waals surface area contributed by atoms with Gasteiger partial charge in [0.05, 0.1) is 25.3 Å². The second kappa shape index (κ2) is 10.9. The summed E-state index contributed by atoms with van der Waals surface area (Å²) in [7, 11) is 2.99. The third-order valence-corrected chi connectivity index (χ3v) is 7.71. The summed E-state index contributed by atoms with van der Waals surface area (Å²) in [6, 6.07) is 28.6. The lowest BCUT2D eigenvalue weighted by Crippen LogP contribution is -2.04. The normalized spacial score (nSPS) is 12.1. The first kappa shape index (κ1) is 29.1. The number of benzene rings is 6. The van der Waals surface area contributed by atoms with Gasteiger partial charge >= 0.3 is 12.4 Å². The van der Waals surface area contributed by atoms with Crippen LogP contribution in [-0.4, -0.2) is 14.2 Å². The average molecular weight is 603 g/mol. The van der Waals surface area contributed by atoms with E-state index in [-0.39, 0.29) is 0 Å². The van der Waals surface area contributed by atoms with Crippen LogP contribution in [-0.2, 0) is 12.4 Å². The zero-order chi connectivity index (χ0) is 31.2. The molecule has 0 saturated heterocycles. The molecular formula is C36H24F6O2. The van der Waals surface area contributed by atoms with Crippen LogP contribution in [0.15, 0.2) is 109 Å². The maximum atomic E-state index is 13.4. The SMILES string of the molecule is COc1c(-c2ccc(C(F)(F)F)cc2)cc2ccccc2c1-c1c(OC)c(-c2ccc(C(F)(F)F)cc2)cc2ccccc12. The Hall–Kier alpha value is -4.98. The van der Waals surface area contributed by atoms with Crippen LogP contribution in [0.25, 0.3) is 54.9 Å². The highest BCUT2D eigenvalue weighted by Crippen LogP contribution is 2.52. The van der Waals surface area contributed by atoms with Crippen molar-refractivity contribution in [1.29, 1.82) is 0 Å². The lowest BCUT2D eigenvalue weighted by molar-refractivity contribution is -0.138. The number of hydrogen-bond donors (Lipinski definition) is 0. The fourth-order valence-corrected chi connectivity index (χ4v) is 5.68. The molecule has 0 heterocycles. The van der Waals surface area contributed by atoms with E-state index in [0.29, 0.717) is 44.9 Å². The molecule has 0 aliphatic heterocycles. The molecule has 0 aromatic heterocycles. The van der Waals surface area contributed by atoms with E-state index in [2.05, 4.69) is 0 Å². The Morgan fingerprint density at radius 1 is 0.455 bits per heavy atom. The summed E-state index contributed by atoms with van der Waals surface area (Å²) in [4.78, 5) is 0. The quantitative estimate of drug-likeness (QED) is 0.183. The van der Waals surface area contributed by atoms with E-state index in [1.54, 1.807) is 0 Å². The lowest BCUT2D eigenvalue weighted by atomic mass is 9.86. The molecule has 0 spiro atoms. The van der Waals surface area contributed by atoms with Crippen LogP contribution >= 0.6 is 0 Å². The molecule has 0 N–H and O–H groups in total. The Labute approximate surface area is 249 Å². The second-order valence-electron chi connectivity index (χ2n) is 10.3. The number of rotatable bonds is 5. The minimum atomic E-state index is -4.48. The van der Waals surface area contributed by atoms with Crippen molar-refractivity contribution in [3.8, 4) is 44.9 Å². The van der Waals surface area contributed by atoms with E-state index < -0.39 is 23.5 Å². The van der Waals surface area contributed by atoms with E-state index in [4.69, 9.17) is 9.47 Å². The van der Waals surface area contributed by atoms with E-state index in [1.165, 1.54) is 38.5 Å². The van der Waals surface area contributed by atoms with Gasteiger partial charge in [-0.1, -0.05) is 72.8 Å². The smallest absolute Gasteiger partial charge is 0.416 e. The van der Waals surface area contributed by atoms with Crippen LogP contribution in [0.4, 0.5) is 26.3 Å². The predicted molar refractivity (Wildman–Crippen MR) is 161 cm³/mol. The highest BCUT2D eigenvalue weighted by atomic mass is 19.4. The Kier molecular flexibility index (Phi) is 7.24. The minimum Gasteiger partial charge on any atom is -0.495 e. The van der Waals surface area contributed by atoms with Gasteiger partial charge in [-0.15, -0.1) is 0 Å². The summed E-state index contributed by atoms with van der Waals surface area (Å²) in [6.07, 6.45) is -8.97. The Morgan fingerprint density at radius 3 is 1.11 bits per heavy atom. The van der Waals surface area contributed by atoms with Crippen molar-refractivity contribution in [1.82, 2.24) is 0 Å². The molecule has 6 aromatic carbocycles. The first-order valence-corrected chi connectivity index (χ1v) is 13.6. The summed E-state index contributed by atoms with van der Waals surface area (Å²) < 4.78 is 92.2. The number of fused-ring (bicyclic) bond motifs is 2. The van der Waals surface area contributed by atoms with Gasteiger partial charge in [0.25, 0.3) is 0 Å². The van der Waals surface area contributed by atoms with Crippen molar-refractivity contribution < 1.29 is 35.8 Å². The van der Waals surface area contributed by atoms with Gasteiger partial charge in [0, 0.05) is 22.3 Å². The lowest BCUT2D eigenvalue weighted by Gasteiger charge is -2.23. The maximum absolute atomic E-state index is 13.4. The molecule has 0 aliphatic rings. The average Bonchev–Trinajstić information content (AvgIpc) is 3.02. The molecule has 0 bridgehead atoms. The van der Waals surface area contributed by atoms with E-state index in [1.807, 2.05) is 60.7 Å². The van der Waals surface area contributed by atoms with Gasteiger partial charge < -0.3 is 9.47 Å². The first-order chi connectivity index (χ1) is 21.0. The molecule has 222 valence electrons. The monoisotopic (exact) mass is 602 g/mol. The fourth-order valence-electron chi connectivity index (χ4n) is 5.68. The standard InChI is InChI=1S/C36H24F6O2/c1-43-33-29(21-11-15-25(16-12-21)35(37,38)39)19-23-7-3-5-9-27(23)31(33)32-28-10-6-4-8-24(28)20-30(34(32)44-2)22-13-17-26(18-14-22)36(40,41)42/h3-20H,1-2H3. The van der Waals surface area contributed by atoms with Gasteiger partial charge in [0.1, 0.15) is 11.5 Å².